The van der Waals surface area contributed by atoms with Crippen molar-refractivity contribution in [2.45, 2.75) is 0 Å². The van der Waals surface area contributed by atoms with Crippen molar-refractivity contribution in [1.82, 2.24) is 9.97 Å². The highest BCUT2D eigenvalue weighted by molar-refractivity contribution is 6.31. The smallest absolute Gasteiger partial charge is 0.258 e. The van der Waals surface area contributed by atoms with Gasteiger partial charge in [0.15, 0.2) is 5.65 Å². The second-order valence-electron chi connectivity index (χ2n) is 2.98. The average molecular weight is 256 g/mol. The fraction of sp³-hybridized carbons (Fsp3) is 0. The Labute approximate surface area is 99.6 Å². The summed E-state index contributed by atoms with van der Waals surface area (Å²) >= 11 is 5.57. The first kappa shape index (κ1) is 9.85. The first-order valence-electron chi connectivity index (χ1n) is 4.67. The maximum Gasteiger partial charge on any atom is 0.307 e. The van der Waals surface area contributed by atoms with E-state index in [4.69, 9.17) is 13.0 Å². The topological polar surface area (TPSA) is 112 Å². The van der Waals surface area contributed by atoms with E-state index in [2.05, 4.69) is 9.97 Å². The Kier molecular flexibility index (Phi) is 2.26. The van der Waals surface area contributed by atoms with Crippen LogP contribution >= 0.6 is 11.6 Å². The lowest BCUT2D eigenvalue weighted by atomic mass is 10.2. The summed E-state index contributed by atoms with van der Waals surface area (Å²) in [6.45, 7) is 0. The van der Waals surface area contributed by atoms with Crippen molar-refractivity contribution in [2.75, 3.05) is 0 Å². The molecule has 0 fully saturated rings. The maximum atomic E-state index is 10.6. The number of hydrogen-bond donors (Lipinski definition) is 0. The van der Waals surface area contributed by atoms with Gasteiger partial charge in [-0.15, -0.1) is 0 Å². The van der Waals surface area contributed by atoms with Gasteiger partial charge in [0.25, 0.3) is 5.69 Å². The van der Waals surface area contributed by atoms with E-state index in [0.29, 0.717) is 0 Å². The molecule has 8 nitrogen and oxygen atoms in total. The largest absolute Gasteiger partial charge is 0.307 e. The Morgan fingerprint density at radius 2 is 2.00 bits per heavy atom. The number of halogens is 1. The molecule has 0 N–H and O–H groups in total. The molecule has 0 saturated carbocycles. The molecule has 0 saturated heterocycles. The summed E-state index contributed by atoms with van der Waals surface area (Å²) < 4.78 is 7.32. The summed E-state index contributed by atoms with van der Waals surface area (Å²) in [5, 5.41) is 21.0. The molecule has 0 unspecified atom stereocenters. The summed E-state index contributed by atoms with van der Waals surface area (Å²) in [5.74, 6) is 0. The summed E-state index contributed by atoms with van der Waals surface area (Å²) in [6, 6.07) is 2.03. The molecule has 0 radical (unpaired) electrons. The predicted octanol–water partition coefficient (Wildman–Crippen LogP) is 2.10. The molecule has 2 heterocycles. The Bertz CT molecular complexity index is 638. The van der Waals surface area contributed by atoms with Gasteiger partial charge in [-0.3, -0.25) is 20.2 Å². The Hall–Kier alpha value is -2.35. The van der Waals surface area contributed by atoms with Crippen LogP contribution in [-0.2, 0) is 0 Å². The summed E-state index contributed by atoms with van der Waals surface area (Å²) in [7, 11) is 0. The minimum absolute atomic E-state index is 0.0544. The zero-order valence-electron chi connectivity index (χ0n) is 8.95. The molecule has 2 aromatic rings. The highest BCUT2D eigenvalue weighted by Gasteiger charge is 2.17. The second-order valence-corrected chi connectivity index (χ2v) is 3.34. The standard InChI is InChI=1S/C8H3ClN4O4/c9-7-6(13(16)17)2-4-1-5(12(14)15)3-10-8(4)11-7/h1-3H/i3D. The summed E-state index contributed by atoms with van der Waals surface area (Å²) in [6.07, 6.45) is -0.579. The Balaban J connectivity index is 2.79. The van der Waals surface area contributed by atoms with Gasteiger partial charge >= 0.3 is 5.69 Å². The van der Waals surface area contributed by atoms with Crippen LogP contribution in [0.5, 0.6) is 0 Å². The van der Waals surface area contributed by atoms with Crippen molar-refractivity contribution < 1.29 is 11.2 Å². The number of aromatic nitrogens is 2. The lowest BCUT2D eigenvalue weighted by Gasteiger charge is -1.98. The highest BCUT2D eigenvalue weighted by atomic mass is 35.5. The maximum absolute atomic E-state index is 10.6. The van der Waals surface area contributed by atoms with Gasteiger partial charge in [-0.25, -0.2) is 9.97 Å². The van der Waals surface area contributed by atoms with Crippen LogP contribution < -0.4 is 0 Å². The van der Waals surface area contributed by atoms with Gasteiger partial charge in [0, 0.05) is 17.5 Å². The number of rotatable bonds is 2. The number of pyridine rings is 2. The van der Waals surface area contributed by atoms with E-state index in [0.717, 1.165) is 12.1 Å². The highest BCUT2D eigenvalue weighted by Crippen LogP contribution is 2.27. The zero-order valence-corrected chi connectivity index (χ0v) is 8.71. The molecule has 0 aliphatic heterocycles. The molecule has 86 valence electrons. The molecule has 0 atom stereocenters. The van der Waals surface area contributed by atoms with Gasteiger partial charge in [-0.2, -0.15) is 0 Å². The molecular weight excluding hydrogens is 252 g/mol. The van der Waals surface area contributed by atoms with Gasteiger partial charge in [-0.1, -0.05) is 11.6 Å². The van der Waals surface area contributed by atoms with Gasteiger partial charge in [0.05, 0.1) is 11.2 Å². The lowest BCUT2D eigenvalue weighted by Crippen LogP contribution is -1.95. The SMILES string of the molecule is [2H]c1nc2nc(Cl)c([N+](=O)[O-])cc2cc1[N+](=O)[O-]. The van der Waals surface area contributed by atoms with E-state index in [9.17, 15) is 20.2 Å². The molecule has 0 aromatic carbocycles. The third-order valence-corrected chi connectivity index (χ3v) is 2.21. The van der Waals surface area contributed by atoms with Crippen LogP contribution in [0.15, 0.2) is 18.3 Å². The van der Waals surface area contributed by atoms with E-state index in [1.54, 1.807) is 0 Å². The van der Waals surface area contributed by atoms with Crippen molar-refractivity contribution in [2.24, 2.45) is 0 Å². The third-order valence-electron chi connectivity index (χ3n) is 1.93. The fourth-order valence-corrected chi connectivity index (χ4v) is 1.40. The number of nitro groups is 2. The Morgan fingerprint density at radius 3 is 2.59 bits per heavy atom. The van der Waals surface area contributed by atoms with E-state index < -0.39 is 27.4 Å². The minimum Gasteiger partial charge on any atom is -0.258 e. The molecule has 0 amide bonds. The van der Waals surface area contributed by atoms with Crippen LogP contribution in [-0.4, -0.2) is 19.8 Å². The van der Waals surface area contributed by atoms with Crippen molar-refractivity contribution >= 4 is 34.0 Å². The third kappa shape index (κ3) is 1.97. The molecular formula is C8H3ClN4O4. The first-order chi connectivity index (χ1) is 8.40. The van der Waals surface area contributed by atoms with E-state index in [1.807, 2.05) is 0 Å². The molecule has 17 heavy (non-hydrogen) atoms. The van der Waals surface area contributed by atoms with Gasteiger partial charge < -0.3 is 0 Å². The first-order valence-corrected chi connectivity index (χ1v) is 4.54. The van der Waals surface area contributed by atoms with Crippen LogP contribution in [0.4, 0.5) is 11.4 Å². The zero-order chi connectivity index (χ0) is 13.4. The average Bonchev–Trinajstić information content (AvgIpc) is 2.26. The number of fused-ring (bicyclic) bond motifs is 1. The quantitative estimate of drug-likeness (QED) is 0.461. The van der Waals surface area contributed by atoms with Crippen molar-refractivity contribution in [3.63, 3.8) is 0 Å². The van der Waals surface area contributed by atoms with Gasteiger partial charge in [-0.05, 0) is 0 Å². The van der Waals surface area contributed by atoms with Crippen molar-refractivity contribution in [1.29, 1.82) is 0 Å². The molecule has 2 aromatic heterocycles. The van der Waals surface area contributed by atoms with Crippen molar-refractivity contribution in [3.05, 3.63) is 43.7 Å². The fourth-order valence-electron chi connectivity index (χ4n) is 1.19. The van der Waals surface area contributed by atoms with E-state index in [-0.39, 0.29) is 16.2 Å². The molecule has 0 aliphatic rings. The summed E-state index contributed by atoms with van der Waals surface area (Å²) in [5.41, 5.74) is -1.08. The van der Waals surface area contributed by atoms with E-state index >= 15 is 0 Å². The molecule has 2 rings (SSSR count). The van der Waals surface area contributed by atoms with Crippen LogP contribution in [0.3, 0.4) is 0 Å². The van der Waals surface area contributed by atoms with Crippen LogP contribution in [0.1, 0.15) is 1.37 Å². The summed E-state index contributed by atoms with van der Waals surface area (Å²) in [4.78, 5) is 26.9. The van der Waals surface area contributed by atoms with Crippen LogP contribution in [0.25, 0.3) is 11.0 Å². The normalized spacial score (nSPS) is 11.2. The van der Waals surface area contributed by atoms with Crippen LogP contribution in [0.2, 0.25) is 5.15 Å². The Morgan fingerprint density at radius 1 is 1.29 bits per heavy atom. The van der Waals surface area contributed by atoms with Crippen molar-refractivity contribution in [3.8, 4) is 0 Å². The molecule has 0 spiro atoms. The van der Waals surface area contributed by atoms with Gasteiger partial charge in [0.2, 0.25) is 5.15 Å². The molecule has 9 heteroatoms. The minimum atomic E-state index is -0.796. The lowest BCUT2D eigenvalue weighted by molar-refractivity contribution is -0.385. The number of hydrogen-bond acceptors (Lipinski definition) is 6. The predicted molar refractivity (Wildman–Crippen MR) is 57.9 cm³/mol. The number of nitrogens with zero attached hydrogens (tertiary/aromatic N) is 4. The van der Waals surface area contributed by atoms with Crippen LogP contribution in [0, 0.1) is 20.2 Å². The molecule has 0 bridgehead atoms. The van der Waals surface area contributed by atoms with Gasteiger partial charge in [0.1, 0.15) is 6.17 Å². The van der Waals surface area contributed by atoms with E-state index in [1.165, 1.54) is 0 Å². The second kappa shape index (κ2) is 3.91. The monoisotopic (exact) mass is 255 g/mol. The molecule has 0 aliphatic carbocycles.